The number of carboxylic acid groups (broad SMARTS) is 1. The second-order valence-electron chi connectivity index (χ2n) is 17.1. The Morgan fingerprint density at radius 1 is 0.884 bits per heavy atom. The molecule has 0 saturated carbocycles. The number of aliphatic hydroxyl groups excluding tert-OH is 1. The first-order valence-electron chi connectivity index (χ1n) is 23.4. The topological polar surface area (TPSA) is 350 Å². The molecule has 0 bridgehead atoms. The highest BCUT2D eigenvalue weighted by molar-refractivity contribution is 8.00. The van der Waals surface area contributed by atoms with E-state index in [1.165, 1.54) is 12.5 Å². The highest BCUT2D eigenvalue weighted by Crippen LogP contribution is 2.22. The zero-order valence-electron chi connectivity index (χ0n) is 38.8. The number of aliphatic hydroxyl groups is 1. The van der Waals surface area contributed by atoms with Gasteiger partial charge in [0, 0.05) is 60.7 Å². The summed E-state index contributed by atoms with van der Waals surface area (Å²) in [6, 6.07) is 9.52. The minimum atomic E-state index is -1.52. The molecule has 16 N–H and O–H groups in total. The van der Waals surface area contributed by atoms with Crippen molar-refractivity contribution in [2.24, 2.45) is 22.2 Å². The van der Waals surface area contributed by atoms with Gasteiger partial charge >= 0.3 is 5.97 Å². The van der Waals surface area contributed by atoms with Crippen LogP contribution < -0.4 is 49.1 Å². The Morgan fingerprint density at radius 2 is 1.61 bits per heavy atom. The van der Waals surface area contributed by atoms with Gasteiger partial charge in [0.25, 0.3) is 0 Å². The largest absolute Gasteiger partial charge is 0.480 e. The van der Waals surface area contributed by atoms with Crippen molar-refractivity contribution in [3.8, 4) is 0 Å². The van der Waals surface area contributed by atoms with Crippen LogP contribution in [0.1, 0.15) is 75.1 Å². The average molecular weight is 974 g/mol. The third-order valence-corrected chi connectivity index (χ3v) is 13.1. The van der Waals surface area contributed by atoms with Crippen molar-refractivity contribution in [2.75, 3.05) is 18.8 Å². The molecule has 1 aliphatic heterocycles. The van der Waals surface area contributed by atoms with Crippen molar-refractivity contribution in [2.45, 2.75) is 125 Å². The predicted octanol–water partition coefficient (Wildman–Crippen LogP) is 0.192. The van der Waals surface area contributed by atoms with Gasteiger partial charge in [-0.3, -0.25) is 39.1 Å². The molecule has 4 aromatic rings. The van der Waals surface area contributed by atoms with Crippen LogP contribution in [-0.4, -0.2) is 133 Å². The van der Waals surface area contributed by atoms with Crippen LogP contribution in [-0.2, 0) is 48.0 Å². The van der Waals surface area contributed by atoms with E-state index in [0.29, 0.717) is 43.4 Å². The van der Waals surface area contributed by atoms with Crippen LogP contribution in [0.2, 0.25) is 0 Å². The first-order valence-corrected chi connectivity index (χ1v) is 24.4. The number of hydrogen-bond donors (Lipinski definition) is 13. The molecule has 1 saturated heterocycles. The summed E-state index contributed by atoms with van der Waals surface area (Å²) in [7, 11) is 0. The zero-order chi connectivity index (χ0) is 49.7. The van der Waals surface area contributed by atoms with Gasteiger partial charge in [0.1, 0.15) is 29.6 Å². The smallest absolute Gasteiger partial charge is 0.316 e. The summed E-state index contributed by atoms with van der Waals surface area (Å²) in [6.07, 6.45) is 6.29. The SMILES string of the molecule is CCCC[C@H](N)C(=O)N[C@H]1CSC(C(=O)O)CCCCNC(=O)[C@H](Cc2c[nH]c3ccccc23)NC(O)[C@H](CCCN=C(N)N)NC(=O)[C@@H](Cc2ccccc2)NC(=O)[C@H](Cc2cnc[nH]2)NC1=O. The van der Waals surface area contributed by atoms with Crippen molar-refractivity contribution in [3.63, 3.8) is 0 Å². The second-order valence-corrected chi connectivity index (χ2v) is 18.4. The third-order valence-electron chi connectivity index (χ3n) is 11.8. The van der Waals surface area contributed by atoms with Crippen LogP contribution >= 0.6 is 11.8 Å². The van der Waals surface area contributed by atoms with Crippen LogP contribution in [0.3, 0.4) is 0 Å². The molecular weight excluding hydrogens is 907 g/mol. The van der Waals surface area contributed by atoms with Gasteiger partial charge in [0.2, 0.25) is 29.5 Å². The van der Waals surface area contributed by atoms with Crippen molar-refractivity contribution in [1.82, 2.24) is 46.9 Å². The summed E-state index contributed by atoms with van der Waals surface area (Å²) >= 11 is 0.956. The summed E-state index contributed by atoms with van der Waals surface area (Å²) in [4.78, 5) is 97.7. The molecule has 5 amide bonds. The lowest BCUT2D eigenvalue weighted by atomic mass is 10.0. The second kappa shape index (κ2) is 27.5. The van der Waals surface area contributed by atoms with E-state index in [0.717, 1.165) is 34.6 Å². The van der Waals surface area contributed by atoms with E-state index >= 15 is 0 Å². The summed E-state index contributed by atoms with van der Waals surface area (Å²) in [5.41, 5.74) is 20.2. The molecule has 2 aromatic carbocycles. The number of guanidine groups is 1. The van der Waals surface area contributed by atoms with Crippen LogP contribution in [0.5, 0.6) is 0 Å². The number of unbranched alkanes of at least 4 members (excludes halogenated alkanes) is 1. The first kappa shape index (κ1) is 53.5. The molecule has 0 radical (unpaired) electrons. The molecule has 374 valence electrons. The molecular formula is C47H67N13O8S. The first-order chi connectivity index (χ1) is 33.2. The Morgan fingerprint density at radius 3 is 2.33 bits per heavy atom. The Kier molecular flexibility index (Phi) is 21.3. The summed E-state index contributed by atoms with van der Waals surface area (Å²) in [5.74, 6) is -4.76. The summed E-state index contributed by atoms with van der Waals surface area (Å²) < 4.78 is 0. The molecule has 21 nitrogen and oxygen atoms in total. The number of H-pyrrole nitrogens is 2. The van der Waals surface area contributed by atoms with Crippen molar-refractivity contribution >= 4 is 64.1 Å². The molecule has 22 heteroatoms. The summed E-state index contributed by atoms with van der Waals surface area (Å²) in [6.45, 7) is 2.28. The Bertz CT molecular complexity index is 2310. The molecule has 1 fully saturated rings. The maximum atomic E-state index is 14.6. The van der Waals surface area contributed by atoms with Gasteiger partial charge < -0.3 is 64.0 Å². The van der Waals surface area contributed by atoms with E-state index in [2.05, 4.69) is 51.8 Å². The van der Waals surface area contributed by atoms with Gasteiger partial charge in [0.05, 0.1) is 24.5 Å². The minimum absolute atomic E-state index is 0.0134. The average Bonchev–Trinajstić information content (AvgIpc) is 4.01. The fourth-order valence-electron chi connectivity index (χ4n) is 7.91. The number of rotatable bonds is 16. The molecule has 69 heavy (non-hydrogen) atoms. The van der Waals surface area contributed by atoms with Crippen molar-refractivity contribution in [3.05, 3.63) is 90.1 Å². The van der Waals surface area contributed by atoms with E-state index in [1.807, 2.05) is 31.2 Å². The number of aromatic nitrogens is 3. The fraction of sp³-hybridized carbons (Fsp3) is 0.489. The third kappa shape index (κ3) is 17.2. The van der Waals surface area contributed by atoms with Crippen LogP contribution in [0.25, 0.3) is 10.9 Å². The number of aromatic amines is 2. The van der Waals surface area contributed by atoms with Crippen molar-refractivity contribution < 1.29 is 39.0 Å². The van der Waals surface area contributed by atoms with Crippen molar-refractivity contribution in [1.29, 1.82) is 0 Å². The molecule has 0 spiro atoms. The maximum Gasteiger partial charge on any atom is 0.316 e. The molecule has 0 aliphatic carbocycles. The predicted molar refractivity (Wildman–Crippen MR) is 263 cm³/mol. The quantitative estimate of drug-likeness (QED) is 0.0405. The number of carboxylic acids is 1. The number of nitrogens with two attached hydrogens (primary N) is 3. The van der Waals surface area contributed by atoms with Crippen LogP contribution in [0.4, 0.5) is 0 Å². The Balaban J connectivity index is 1.52. The molecule has 2 aromatic heterocycles. The highest BCUT2D eigenvalue weighted by Gasteiger charge is 2.35. The summed E-state index contributed by atoms with van der Waals surface area (Å²) in [5, 5.41) is 39.3. The number of benzene rings is 2. The minimum Gasteiger partial charge on any atom is -0.480 e. The molecule has 1 aliphatic rings. The molecule has 5 rings (SSSR count). The van der Waals surface area contributed by atoms with E-state index in [1.54, 1.807) is 36.5 Å². The number of para-hydroxylation sites is 1. The number of imidazole rings is 1. The Labute approximate surface area is 405 Å². The van der Waals surface area contributed by atoms with E-state index in [4.69, 9.17) is 17.2 Å². The number of hydrogen-bond acceptors (Lipinski definition) is 12. The van der Waals surface area contributed by atoms with E-state index < -0.39 is 83.2 Å². The number of nitrogens with zero attached hydrogens (tertiary/aromatic N) is 2. The lowest BCUT2D eigenvalue weighted by Gasteiger charge is -2.31. The molecule has 2 unspecified atom stereocenters. The maximum absolute atomic E-state index is 14.6. The van der Waals surface area contributed by atoms with Gasteiger partial charge in [-0.05, 0) is 55.7 Å². The number of thioether (sulfide) groups is 1. The Hall–Kier alpha value is -6.49. The highest BCUT2D eigenvalue weighted by atomic mass is 32.2. The number of carbonyl (C=O) groups excluding carboxylic acids is 5. The van der Waals surface area contributed by atoms with E-state index in [9.17, 15) is 39.0 Å². The normalized spacial score (nSPS) is 23.2. The van der Waals surface area contributed by atoms with Crippen LogP contribution in [0.15, 0.2) is 78.3 Å². The van der Waals surface area contributed by atoms with Gasteiger partial charge in [-0.25, -0.2) is 4.98 Å². The van der Waals surface area contributed by atoms with Gasteiger partial charge in [-0.1, -0.05) is 74.7 Å². The van der Waals surface area contributed by atoms with Crippen LogP contribution in [0, 0.1) is 0 Å². The molecule has 3 heterocycles. The zero-order valence-corrected chi connectivity index (χ0v) is 39.6. The number of aliphatic imine (C=N–C) groups is 1. The number of fused-ring (bicyclic) bond motifs is 1. The van der Waals surface area contributed by atoms with Gasteiger partial charge in [0.15, 0.2) is 5.96 Å². The fourth-order valence-corrected chi connectivity index (χ4v) is 9.04. The number of aliphatic carboxylic acids is 1. The number of amides is 5. The standard InChI is InChI=1S/C47H67N13O8S/c1-2-3-15-32(48)40(61)60-38-26-69-39(46(67)68)18-9-10-19-52-41(62)36(22-29-24-54-33-16-8-7-14-31(29)33)58-42(63)34(17-11-20-53-47(49)50)56-43(64)35(21-28-12-5-4-6-13-28)57-44(65)37(59-45(38)66)23-30-25-51-27-55-30/h4-8,12-14,16,24-25,27,32,34-39,42,54,58,63H,2-3,9-11,15,17-23,26,48H2,1H3,(H,51,55)(H,52,62)(H,56,64)(H,57,65)(H,59,66)(H,60,61)(H,67,68)(H4,49,50,53)/t32-,34-,35+,36-,37-,38-,39?,42?/m0/s1. The molecule has 8 atom stereocenters. The lowest BCUT2D eigenvalue weighted by molar-refractivity contribution is -0.136. The van der Waals surface area contributed by atoms with Gasteiger partial charge in [-0.2, -0.15) is 0 Å². The van der Waals surface area contributed by atoms with E-state index in [-0.39, 0.29) is 56.9 Å². The monoisotopic (exact) mass is 973 g/mol. The number of nitrogens with one attached hydrogen (secondary N) is 8. The van der Waals surface area contributed by atoms with Gasteiger partial charge in [-0.15, -0.1) is 11.8 Å². The number of carbonyl (C=O) groups is 6. The lowest BCUT2D eigenvalue weighted by Crippen LogP contribution is -2.61.